The fourth-order valence-corrected chi connectivity index (χ4v) is 3.33. The van der Waals surface area contributed by atoms with Gasteiger partial charge in [0.2, 0.25) is 0 Å². The highest BCUT2D eigenvalue weighted by atomic mass is 16.5. The average Bonchev–Trinajstić information content (AvgIpc) is 3.02. The number of nitrogens with zero attached hydrogens (tertiary/aromatic N) is 3. The van der Waals surface area contributed by atoms with E-state index in [1.165, 1.54) is 0 Å². The Bertz CT molecular complexity index is 996. The Balaban J connectivity index is 1.84. The van der Waals surface area contributed by atoms with E-state index in [0.29, 0.717) is 30.2 Å². The number of carbonyl (C=O) groups is 1. The fraction of sp³-hybridized carbons (Fsp3) is 0.304. The van der Waals surface area contributed by atoms with Gasteiger partial charge in [-0.15, -0.1) is 0 Å². The summed E-state index contributed by atoms with van der Waals surface area (Å²) in [6.45, 7) is 6.87. The highest BCUT2D eigenvalue weighted by Crippen LogP contribution is 2.29. The zero-order valence-corrected chi connectivity index (χ0v) is 17.6. The molecule has 0 saturated heterocycles. The van der Waals surface area contributed by atoms with Crippen LogP contribution in [0.4, 0.5) is 0 Å². The van der Waals surface area contributed by atoms with E-state index in [9.17, 15) is 4.79 Å². The van der Waals surface area contributed by atoms with Gasteiger partial charge in [0.1, 0.15) is 0 Å². The smallest absolute Gasteiger partial charge is 0.254 e. The maximum Gasteiger partial charge on any atom is 0.254 e. The molecule has 0 unspecified atom stereocenters. The fourth-order valence-electron chi connectivity index (χ4n) is 3.33. The third-order valence-corrected chi connectivity index (χ3v) is 4.89. The predicted molar refractivity (Wildman–Crippen MR) is 113 cm³/mol. The van der Waals surface area contributed by atoms with Gasteiger partial charge in [-0.3, -0.25) is 4.79 Å². The monoisotopic (exact) mass is 393 g/mol. The van der Waals surface area contributed by atoms with Gasteiger partial charge in [-0.1, -0.05) is 18.2 Å². The van der Waals surface area contributed by atoms with Gasteiger partial charge in [0.15, 0.2) is 11.5 Å². The van der Waals surface area contributed by atoms with Gasteiger partial charge in [0.25, 0.3) is 5.91 Å². The second kappa shape index (κ2) is 8.82. The van der Waals surface area contributed by atoms with Crippen LogP contribution in [0.15, 0.2) is 48.5 Å². The number of aryl methyl sites for hydroxylation is 1. The van der Waals surface area contributed by atoms with Crippen LogP contribution in [0.3, 0.4) is 0 Å². The molecule has 3 aromatic rings. The number of rotatable bonds is 7. The number of hydrogen-bond donors (Lipinski definition) is 0. The van der Waals surface area contributed by atoms with Crippen molar-refractivity contribution in [3.05, 3.63) is 71.0 Å². The third-order valence-electron chi connectivity index (χ3n) is 4.89. The summed E-state index contributed by atoms with van der Waals surface area (Å²) in [7, 11) is 3.38. The van der Waals surface area contributed by atoms with E-state index in [0.717, 1.165) is 22.6 Å². The normalized spacial score (nSPS) is 10.7. The van der Waals surface area contributed by atoms with Crippen molar-refractivity contribution in [2.75, 3.05) is 20.8 Å². The summed E-state index contributed by atoms with van der Waals surface area (Å²) in [4.78, 5) is 14.7. The molecule has 0 N–H and O–H groups in total. The Morgan fingerprint density at radius 2 is 1.83 bits per heavy atom. The molecule has 29 heavy (non-hydrogen) atoms. The molecule has 0 aliphatic heterocycles. The zero-order valence-electron chi connectivity index (χ0n) is 17.6. The number of benzene rings is 2. The maximum atomic E-state index is 13.0. The molecular weight excluding hydrogens is 366 g/mol. The first kappa shape index (κ1) is 20.5. The standard InChI is InChI=1S/C23H27N3O3/c1-6-29-22-14-18(12-13-21(22)28-5)23(27)25(4)15-20-16(2)24-26(17(20)3)19-10-8-7-9-11-19/h7-14H,6,15H2,1-5H3. The predicted octanol–water partition coefficient (Wildman–Crippen LogP) is 4.17. The van der Waals surface area contributed by atoms with Crippen molar-refractivity contribution < 1.29 is 14.3 Å². The highest BCUT2D eigenvalue weighted by Gasteiger charge is 2.19. The van der Waals surface area contributed by atoms with Crippen molar-refractivity contribution in [2.45, 2.75) is 27.3 Å². The van der Waals surface area contributed by atoms with Crippen LogP contribution in [0, 0.1) is 13.8 Å². The van der Waals surface area contributed by atoms with Crippen LogP contribution in [0.25, 0.3) is 5.69 Å². The first-order chi connectivity index (χ1) is 14.0. The van der Waals surface area contributed by atoms with Crippen molar-refractivity contribution >= 4 is 5.91 Å². The summed E-state index contributed by atoms with van der Waals surface area (Å²) in [5.41, 5.74) is 4.55. The van der Waals surface area contributed by atoms with Crippen molar-refractivity contribution in [2.24, 2.45) is 0 Å². The van der Waals surface area contributed by atoms with Crippen molar-refractivity contribution in [1.29, 1.82) is 0 Å². The summed E-state index contributed by atoms with van der Waals surface area (Å²) < 4.78 is 12.8. The van der Waals surface area contributed by atoms with Crippen LogP contribution in [-0.4, -0.2) is 41.4 Å². The minimum Gasteiger partial charge on any atom is -0.493 e. The number of hydrogen-bond acceptors (Lipinski definition) is 4. The molecule has 3 rings (SSSR count). The van der Waals surface area contributed by atoms with Crippen LogP contribution >= 0.6 is 0 Å². The van der Waals surface area contributed by atoms with E-state index in [2.05, 4.69) is 5.10 Å². The first-order valence-electron chi connectivity index (χ1n) is 9.63. The summed E-state index contributed by atoms with van der Waals surface area (Å²) in [5.74, 6) is 1.10. The summed E-state index contributed by atoms with van der Waals surface area (Å²) in [5, 5.41) is 4.67. The molecule has 1 aromatic heterocycles. The van der Waals surface area contributed by atoms with E-state index in [1.54, 1.807) is 37.3 Å². The summed E-state index contributed by atoms with van der Waals surface area (Å²) in [6.07, 6.45) is 0. The van der Waals surface area contributed by atoms with Crippen LogP contribution in [0.1, 0.15) is 34.2 Å². The van der Waals surface area contributed by atoms with Crippen LogP contribution in [0.5, 0.6) is 11.5 Å². The lowest BCUT2D eigenvalue weighted by molar-refractivity contribution is 0.0784. The van der Waals surface area contributed by atoms with Gasteiger partial charge in [-0.2, -0.15) is 5.10 Å². The van der Waals surface area contributed by atoms with Crippen molar-refractivity contribution in [3.63, 3.8) is 0 Å². The van der Waals surface area contributed by atoms with Gasteiger partial charge in [-0.05, 0) is 51.1 Å². The summed E-state index contributed by atoms with van der Waals surface area (Å²) in [6, 6.07) is 15.2. The Labute approximate surface area is 171 Å². The average molecular weight is 393 g/mol. The van der Waals surface area contributed by atoms with Gasteiger partial charge >= 0.3 is 0 Å². The number of amides is 1. The number of methoxy groups -OCH3 is 1. The third kappa shape index (κ3) is 4.26. The van der Waals surface area contributed by atoms with Crippen LogP contribution in [-0.2, 0) is 6.54 Å². The van der Waals surface area contributed by atoms with E-state index >= 15 is 0 Å². The maximum absolute atomic E-state index is 13.0. The van der Waals surface area contributed by atoms with Crippen LogP contribution in [0.2, 0.25) is 0 Å². The molecule has 0 bridgehead atoms. The SMILES string of the molecule is CCOc1cc(C(=O)N(C)Cc2c(C)nn(-c3ccccc3)c2C)ccc1OC. The molecular formula is C23H27N3O3. The highest BCUT2D eigenvalue weighted by molar-refractivity contribution is 5.94. The zero-order chi connectivity index (χ0) is 21.0. The lowest BCUT2D eigenvalue weighted by Crippen LogP contribution is -2.26. The number of para-hydroxylation sites is 1. The number of aromatic nitrogens is 2. The Kier molecular flexibility index (Phi) is 6.22. The topological polar surface area (TPSA) is 56.6 Å². The lowest BCUT2D eigenvalue weighted by Gasteiger charge is -2.19. The Hall–Kier alpha value is -3.28. The first-order valence-corrected chi connectivity index (χ1v) is 9.63. The number of carbonyl (C=O) groups excluding carboxylic acids is 1. The van der Waals surface area contributed by atoms with Crippen molar-refractivity contribution in [1.82, 2.24) is 14.7 Å². The molecule has 0 spiro atoms. The van der Waals surface area contributed by atoms with Crippen LogP contribution < -0.4 is 9.47 Å². The molecule has 152 valence electrons. The summed E-state index contributed by atoms with van der Waals surface area (Å²) >= 11 is 0. The number of ether oxygens (including phenoxy) is 2. The Morgan fingerprint density at radius 3 is 2.48 bits per heavy atom. The molecule has 0 fully saturated rings. The minimum atomic E-state index is -0.0835. The van der Waals surface area contributed by atoms with Gasteiger partial charge in [0.05, 0.1) is 25.1 Å². The van der Waals surface area contributed by atoms with E-state index in [1.807, 2.05) is 55.8 Å². The molecule has 6 nitrogen and oxygen atoms in total. The molecule has 0 saturated carbocycles. The van der Waals surface area contributed by atoms with E-state index in [-0.39, 0.29) is 5.91 Å². The molecule has 1 heterocycles. The van der Waals surface area contributed by atoms with Crippen molar-refractivity contribution in [3.8, 4) is 17.2 Å². The minimum absolute atomic E-state index is 0.0835. The second-order valence-corrected chi connectivity index (χ2v) is 6.86. The molecule has 0 radical (unpaired) electrons. The molecule has 1 amide bonds. The quantitative estimate of drug-likeness (QED) is 0.605. The second-order valence-electron chi connectivity index (χ2n) is 6.86. The lowest BCUT2D eigenvalue weighted by atomic mass is 10.1. The molecule has 0 atom stereocenters. The molecule has 0 aliphatic carbocycles. The van der Waals surface area contributed by atoms with Gasteiger partial charge in [-0.25, -0.2) is 4.68 Å². The van der Waals surface area contributed by atoms with Gasteiger partial charge in [0, 0.05) is 30.4 Å². The molecule has 2 aromatic carbocycles. The van der Waals surface area contributed by atoms with Gasteiger partial charge < -0.3 is 14.4 Å². The Morgan fingerprint density at radius 1 is 1.10 bits per heavy atom. The molecule has 0 aliphatic rings. The van der Waals surface area contributed by atoms with E-state index < -0.39 is 0 Å². The van der Waals surface area contributed by atoms with E-state index in [4.69, 9.17) is 9.47 Å². The molecule has 6 heteroatoms. The largest absolute Gasteiger partial charge is 0.493 e.